The molecule has 0 saturated carbocycles. The fourth-order valence-electron chi connectivity index (χ4n) is 15.2. The van der Waals surface area contributed by atoms with E-state index < -0.39 is 23.3 Å². The van der Waals surface area contributed by atoms with Crippen molar-refractivity contribution in [1.29, 1.82) is 0 Å². The molecule has 9 aromatic carbocycles. The molecule has 0 aliphatic heterocycles. The van der Waals surface area contributed by atoms with Crippen molar-refractivity contribution < 1.29 is 77.9 Å². The minimum Gasteiger partial charge on any atom is -0.348 e. The number of fused-ring (bicyclic) bond motifs is 24. The van der Waals surface area contributed by atoms with E-state index in [0.717, 1.165) is 184 Å². The third kappa shape index (κ3) is 17.0. The normalized spacial score (nSPS) is 11.1. The Morgan fingerprint density at radius 1 is 0.336 bits per heavy atom. The molecule has 0 saturated heterocycles. The molecule has 0 aliphatic carbocycles. The van der Waals surface area contributed by atoms with Gasteiger partial charge in [-0.1, -0.05) is 157 Å². The van der Waals surface area contributed by atoms with Crippen molar-refractivity contribution in [1.82, 2.24) is 67.7 Å². The Bertz CT molecular complexity index is 6730. The number of rotatable bonds is 9. The van der Waals surface area contributed by atoms with Crippen molar-refractivity contribution in [2.45, 2.75) is 101 Å². The van der Waals surface area contributed by atoms with Crippen LogP contribution in [0.3, 0.4) is 0 Å². The molecule has 14 nitrogen and oxygen atoms in total. The monoisotopic (exact) mass is 2110 g/mol. The number of hydrogen-bond acceptors (Lipinski definition) is 9. The number of imidazole rings is 3. The largest absolute Gasteiger partial charge is 0.348 e. The van der Waals surface area contributed by atoms with Gasteiger partial charge in [-0.05, 0) is 212 Å². The van der Waals surface area contributed by atoms with Crippen LogP contribution in [-0.2, 0) is 98.8 Å². The Morgan fingerprint density at radius 2 is 0.714 bits per heavy atom. The van der Waals surface area contributed by atoms with Gasteiger partial charge < -0.3 is 33.1 Å². The van der Waals surface area contributed by atoms with Gasteiger partial charge in [0.25, 0.3) is 0 Å². The summed E-state index contributed by atoms with van der Waals surface area (Å²) in [5, 5.41) is 14.3. The molecule has 0 N–H and O–H groups in total. The van der Waals surface area contributed by atoms with E-state index in [0.29, 0.717) is 5.69 Å². The van der Waals surface area contributed by atoms with Crippen LogP contribution in [0.2, 0.25) is 0 Å². The number of hydrogen-bond donors (Lipinski definition) is 0. The van der Waals surface area contributed by atoms with Crippen molar-refractivity contribution in [3.8, 4) is 22.6 Å². The summed E-state index contributed by atoms with van der Waals surface area (Å²) in [7, 11) is 0. The third-order valence-electron chi connectivity index (χ3n) is 20.7. The van der Waals surface area contributed by atoms with Gasteiger partial charge in [-0.2, -0.15) is 40.5 Å². The summed E-state index contributed by atoms with van der Waals surface area (Å²) in [6, 6.07) is 83.4. The Labute approximate surface area is 726 Å². The molecule has 0 bridgehead atoms. The van der Waals surface area contributed by atoms with Crippen LogP contribution in [0.4, 0.5) is 17.6 Å². The molecule has 0 spiro atoms. The Balaban J connectivity index is 0.000000127. The maximum absolute atomic E-state index is 13.2. The molecular weight excluding hydrogens is 2030 g/mol. The van der Waals surface area contributed by atoms with Gasteiger partial charge in [-0.3, -0.25) is 41.9 Å². The fourth-order valence-corrected chi connectivity index (χ4v) is 15.2. The SMILES string of the molecule is CCc1cc2nc3c4[c-]cc(C)nc4c4ccccc4n3c2cc1CC.CCc1cc2nc3c4[c-]cc(C)nc4c4ccccc4n3c2cc1CC.CCc1cc2nc3c4[c-]cc(C)nc4c4ccccc4n3c2cc1CC.Fc1c[c-]c(-c2ccccn2)c(F)c1.Fc1c[c-]c(-n2cccn2)c(F)c1.[Ir].[Ir].[Ir].[c-]1ccccc1-n1cccn1. The molecular formula is C98H78F4Ir3N14-6. The first kappa shape index (κ1) is 85.0. The molecule has 12 heterocycles. The van der Waals surface area contributed by atoms with Crippen molar-refractivity contribution in [3.63, 3.8) is 0 Å². The quantitative estimate of drug-likeness (QED) is 0.0785. The second-order valence-corrected chi connectivity index (χ2v) is 28.0. The molecule has 0 unspecified atom stereocenters. The second kappa shape index (κ2) is 37.4. The van der Waals surface area contributed by atoms with Gasteiger partial charge in [0.05, 0.1) is 50.0 Å². The van der Waals surface area contributed by atoms with E-state index in [1.807, 2.05) is 75.5 Å². The molecule has 0 fully saturated rings. The molecule has 0 aliphatic rings. The topological polar surface area (TPSA) is 139 Å². The molecule has 21 aromatic rings. The molecule has 12 aromatic heterocycles. The molecule has 21 heteroatoms. The number of nitrogens with zero attached hydrogens (tertiary/aromatic N) is 14. The second-order valence-electron chi connectivity index (χ2n) is 28.0. The van der Waals surface area contributed by atoms with Crippen LogP contribution in [0.15, 0.2) is 237 Å². The number of pyridine rings is 7. The van der Waals surface area contributed by atoms with E-state index in [1.165, 1.54) is 60.8 Å². The Hall–Kier alpha value is -11.9. The molecule has 3 radical (unpaired) electrons. The Morgan fingerprint density at radius 3 is 1.08 bits per heavy atom. The average molecular weight is 2100 g/mol. The predicted octanol–water partition coefficient (Wildman–Crippen LogP) is 22.7. The summed E-state index contributed by atoms with van der Waals surface area (Å²) in [6.45, 7) is 19.3. The van der Waals surface area contributed by atoms with Crippen molar-refractivity contribution in [2.24, 2.45) is 0 Å². The zero-order valence-corrected chi connectivity index (χ0v) is 73.7. The molecule has 601 valence electrons. The maximum Gasteiger partial charge on any atom is 0.0777 e. The van der Waals surface area contributed by atoms with Gasteiger partial charge in [-0.15, -0.1) is 66.7 Å². The summed E-state index contributed by atoms with van der Waals surface area (Å²) in [4.78, 5) is 33.4. The summed E-state index contributed by atoms with van der Waals surface area (Å²) in [6.07, 6.45) is 14.5. The minimum atomic E-state index is -0.677. The molecule has 0 amide bonds. The first-order valence-corrected chi connectivity index (χ1v) is 38.9. The van der Waals surface area contributed by atoms with E-state index in [2.05, 4.69) is 216 Å². The van der Waals surface area contributed by atoms with Gasteiger partial charge in [0.2, 0.25) is 0 Å². The van der Waals surface area contributed by atoms with Crippen molar-refractivity contribution >= 4 is 115 Å². The van der Waals surface area contributed by atoms with Crippen LogP contribution in [-0.4, -0.2) is 67.7 Å². The first-order valence-electron chi connectivity index (χ1n) is 38.9. The standard InChI is InChI=1S/3C23H20N3.C11H6F2N.C9H5F2N2.C9H7N2.3Ir/c3*1-4-15-12-19-21(13-16(15)5-2)26-20-9-7-6-8-17(20)22-18(23(26)25-19)11-10-14(3)24-22;12-8-4-5-9(10(13)7-8)11-3-1-2-6-14-11;10-7-2-3-9(8(11)6-7)13-5-1-4-12-13;1-2-5-9(6-3-1)11-8-4-7-10-11;;;/h3*6-10,12-13H,4-5H2,1-3H3;1-4,6-7H;1-2,4-6H;1-5,7-8H;;;/q6*-1;;;. The number of benzene rings is 9. The number of halogens is 4. The van der Waals surface area contributed by atoms with Crippen LogP contribution < -0.4 is 0 Å². The summed E-state index contributed by atoms with van der Waals surface area (Å²) < 4.78 is 61.3. The average Bonchev–Trinajstić information content (AvgIpc) is 1.42. The summed E-state index contributed by atoms with van der Waals surface area (Å²) in [5.74, 6) is -2.61. The van der Waals surface area contributed by atoms with Crippen molar-refractivity contribution in [2.75, 3.05) is 0 Å². The first-order chi connectivity index (χ1) is 56.6. The predicted molar refractivity (Wildman–Crippen MR) is 457 cm³/mol. The summed E-state index contributed by atoms with van der Waals surface area (Å²) in [5.41, 5.74) is 28.9. The smallest absolute Gasteiger partial charge is 0.0777 e. The van der Waals surface area contributed by atoms with Gasteiger partial charge >= 0.3 is 0 Å². The molecule has 119 heavy (non-hydrogen) atoms. The van der Waals surface area contributed by atoms with E-state index in [9.17, 15) is 17.6 Å². The van der Waals surface area contributed by atoms with Crippen LogP contribution in [0.5, 0.6) is 0 Å². The van der Waals surface area contributed by atoms with Crippen LogP contribution in [0.25, 0.3) is 138 Å². The van der Waals surface area contributed by atoms with Crippen molar-refractivity contribution in [3.05, 3.63) is 347 Å². The third-order valence-corrected chi connectivity index (χ3v) is 20.7. The van der Waals surface area contributed by atoms with Crippen LogP contribution >= 0.6 is 0 Å². The number of aryl methyl sites for hydroxylation is 9. The number of aromatic nitrogens is 14. The fraction of sp³-hybridized carbons (Fsp3) is 0.153. The number of para-hydroxylation sites is 4. The molecule has 21 rings (SSSR count). The van der Waals surface area contributed by atoms with E-state index in [-0.39, 0.29) is 71.6 Å². The van der Waals surface area contributed by atoms with Crippen LogP contribution in [0, 0.1) is 80.4 Å². The van der Waals surface area contributed by atoms with E-state index in [4.69, 9.17) is 29.9 Å². The summed E-state index contributed by atoms with van der Waals surface area (Å²) >= 11 is 0. The zero-order valence-electron chi connectivity index (χ0n) is 66.5. The van der Waals surface area contributed by atoms with Gasteiger partial charge in [0.1, 0.15) is 0 Å². The maximum atomic E-state index is 13.2. The van der Waals surface area contributed by atoms with Gasteiger partial charge in [-0.25, -0.2) is 0 Å². The van der Waals surface area contributed by atoms with E-state index in [1.54, 1.807) is 47.5 Å². The minimum absolute atomic E-state index is 0. The van der Waals surface area contributed by atoms with E-state index >= 15 is 0 Å². The Kier molecular flexibility index (Phi) is 26.7. The van der Waals surface area contributed by atoms with Crippen LogP contribution in [0.1, 0.15) is 92.0 Å². The zero-order chi connectivity index (χ0) is 80.3. The van der Waals surface area contributed by atoms with Gasteiger partial charge in [0, 0.05) is 131 Å². The van der Waals surface area contributed by atoms with Gasteiger partial charge in [0.15, 0.2) is 0 Å². The molecule has 0 atom stereocenters.